The highest BCUT2D eigenvalue weighted by molar-refractivity contribution is 6.21. The average molecular weight is 299 g/mol. The molecule has 1 heterocycles. The second kappa shape index (κ2) is 6.13. The molecule has 22 heavy (non-hydrogen) atoms. The summed E-state index contributed by atoms with van der Waals surface area (Å²) in [5.74, 6) is -0.675. The van der Waals surface area contributed by atoms with E-state index in [0.717, 1.165) is 17.7 Å². The van der Waals surface area contributed by atoms with Gasteiger partial charge in [-0.05, 0) is 30.9 Å². The van der Waals surface area contributed by atoms with Crippen molar-refractivity contribution in [1.82, 2.24) is 4.90 Å². The van der Waals surface area contributed by atoms with Crippen LogP contribution in [0.3, 0.4) is 0 Å². The van der Waals surface area contributed by atoms with Crippen LogP contribution in [0, 0.1) is 5.92 Å². The maximum absolute atomic E-state index is 12.1. The van der Waals surface area contributed by atoms with Crippen LogP contribution in [-0.4, -0.2) is 35.8 Å². The van der Waals surface area contributed by atoms with E-state index < -0.39 is 0 Å². The van der Waals surface area contributed by atoms with E-state index in [2.05, 4.69) is 6.08 Å². The number of hydrogen-bond donors (Lipinski definition) is 0. The van der Waals surface area contributed by atoms with Gasteiger partial charge in [-0.15, -0.1) is 0 Å². The Morgan fingerprint density at radius 1 is 1.18 bits per heavy atom. The predicted molar refractivity (Wildman–Crippen MR) is 79.2 cm³/mol. The van der Waals surface area contributed by atoms with Crippen molar-refractivity contribution < 1.29 is 19.1 Å². The molecular formula is C17H17NO4. The van der Waals surface area contributed by atoms with Crippen LogP contribution < -0.4 is 0 Å². The molecule has 0 unspecified atom stereocenters. The smallest absolute Gasteiger partial charge is 0.306 e. The van der Waals surface area contributed by atoms with Crippen molar-refractivity contribution in [1.29, 1.82) is 0 Å². The highest BCUT2D eigenvalue weighted by Crippen LogP contribution is 2.22. The molecule has 0 fully saturated rings. The van der Waals surface area contributed by atoms with Gasteiger partial charge in [0.15, 0.2) is 0 Å². The standard InChI is InChI=1S/C17H17NO4/c19-15(11-12-5-1-2-6-12)22-10-9-18-16(20)13-7-3-4-8-14(13)17(18)21/h1,3-5,7-8,12H,2,6,9-11H2/t12-/m1/s1. The fourth-order valence-corrected chi connectivity index (χ4v) is 2.83. The lowest BCUT2D eigenvalue weighted by Crippen LogP contribution is -2.33. The maximum Gasteiger partial charge on any atom is 0.306 e. The Bertz CT molecular complexity index is 615. The van der Waals surface area contributed by atoms with Crippen molar-refractivity contribution in [3.63, 3.8) is 0 Å². The zero-order valence-corrected chi connectivity index (χ0v) is 12.2. The molecular weight excluding hydrogens is 282 g/mol. The SMILES string of the molecule is O=C(C[C@@H]1C=CCC1)OCCN1C(=O)c2ccccc2C1=O. The van der Waals surface area contributed by atoms with Crippen LogP contribution in [0.5, 0.6) is 0 Å². The second-order valence-corrected chi connectivity index (χ2v) is 5.50. The monoisotopic (exact) mass is 299 g/mol. The summed E-state index contributed by atoms with van der Waals surface area (Å²) >= 11 is 0. The molecule has 0 spiro atoms. The number of allylic oxidation sites excluding steroid dienone is 2. The zero-order valence-electron chi connectivity index (χ0n) is 12.2. The van der Waals surface area contributed by atoms with E-state index >= 15 is 0 Å². The number of nitrogens with zero attached hydrogens (tertiary/aromatic N) is 1. The molecule has 2 amide bonds. The van der Waals surface area contributed by atoms with Crippen molar-refractivity contribution in [2.24, 2.45) is 5.92 Å². The van der Waals surface area contributed by atoms with Crippen molar-refractivity contribution in [3.8, 4) is 0 Å². The lowest BCUT2D eigenvalue weighted by atomic mass is 10.1. The lowest BCUT2D eigenvalue weighted by Gasteiger charge is -2.14. The number of rotatable bonds is 5. The normalized spacial score (nSPS) is 19.6. The fraction of sp³-hybridized carbons (Fsp3) is 0.353. The molecule has 0 N–H and O–H groups in total. The number of fused-ring (bicyclic) bond motifs is 1. The first-order valence-electron chi connectivity index (χ1n) is 7.44. The molecule has 0 bridgehead atoms. The summed E-state index contributed by atoms with van der Waals surface area (Å²) in [6.07, 6.45) is 6.45. The summed E-state index contributed by atoms with van der Waals surface area (Å²) in [4.78, 5) is 37.1. The molecule has 0 saturated heterocycles. The second-order valence-electron chi connectivity index (χ2n) is 5.50. The number of carbonyl (C=O) groups excluding carboxylic acids is 3. The van der Waals surface area contributed by atoms with E-state index in [1.165, 1.54) is 0 Å². The van der Waals surface area contributed by atoms with E-state index in [-0.39, 0.29) is 36.9 Å². The molecule has 0 aromatic heterocycles. The number of esters is 1. The fourth-order valence-electron chi connectivity index (χ4n) is 2.83. The number of hydrogen-bond acceptors (Lipinski definition) is 4. The molecule has 1 atom stereocenters. The van der Waals surface area contributed by atoms with Gasteiger partial charge in [0.1, 0.15) is 6.61 Å². The number of ether oxygens (including phenoxy) is 1. The van der Waals surface area contributed by atoms with Crippen LogP contribution in [0.4, 0.5) is 0 Å². The molecule has 0 saturated carbocycles. The first-order chi connectivity index (χ1) is 10.7. The Hall–Kier alpha value is -2.43. The number of benzene rings is 1. The van der Waals surface area contributed by atoms with Gasteiger partial charge in [-0.3, -0.25) is 19.3 Å². The quantitative estimate of drug-likeness (QED) is 0.475. The minimum atomic E-state index is -0.324. The molecule has 2 aliphatic rings. The largest absolute Gasteiger partial charge is 0.464 e. The van der Waals surface area contributed by atoms with E-state index in [1.807, 2.05) is 6.08 Å². The minimum Gasteiger partial charge on any atom is -0.464 e. The highest BCUT2D eigenvalue weighted by atomic mass is 16.5. The van der Waals surface area contributed by atoms with Crippen LogP contribution >= 0.6 is 0 Å². The first kappa shape index (κ1) is 14.5. The summed E-state index contributed by atoms with van der Waals surface area (Å²) in [7, 11) is 0. The minimum absolute atomic E-state index is 0.0424. The Kier molecular flexibility index (Phi) is 4.04. The van der Waals surface area contributed by atoms with Crippen molar-refractivity contribution in [2.75, 3.05) is 13.2 Å². The summed E-state index contributed by atoms with van der Waals surface area (Å²) in [5.41, 5.74) is 0.824. The lowest BCUT2D eigenvalue weighted by molar-refractivity contribution is -0.144. The van der Waals surface area contributed by atoms with Crippen molar-refractivity contribution in [3.05, 3.63) is 47.5 Å². The van der Waals surface area contributed by atoms with E-state index in [0.29, 0.717) is 17.5 Å². The van der Waals surface area contributed by atoms with Gasteiger partial charge in [0.05, 0.1) is 24.1 Å². The van der Waals surface area contributed by atoms with Gasteiger partial charge in [0.2, 0.25) is 0 Å². The van der Waals surface area contributed by atoms with E-state index in [1.54, 1.807) is 24.3 Å². The Morgan fingerprint density at radius 3 is 2.45 bits per heavy atom. The molecule has 1 aromatic carbocycles. The zero-order chi connectivity index (χ0) is 15.5. The Balaban J connectivity index is 1.50. The highest BCUT2D eigenvalue weighted by Gasteiger charge is 2.34. The van der Waals surface area contributed by atoms with Crippen LogP contribution in [0.2, 0.25) is 0 Å². The van der Waals surface area contributed by atoms with E-state index in [9.17, 15) is 14.4 Å². The third-order valence-corrected chi connectivity index (χ3v) is 4.00. The van der Waals surface area contributed by atoms with Crippen LogP contribution in [0.15, 0.2) is 36.4 Å². The molecule has 5 heteroatoms. The molecule has 3 rings (SSSR count). The van der Waals surface area contributed by atoms with Crippen LogP contribution in [-0.2, 0) is 9.53 Å². The summed E-state index contributed by atoms with van der Waals surface area (Å²) in [6.45, 7) is 0.138. The predicted octanol–water partition coefficient (Wildman–Crippen LogP) is 2.18. The number of imide groups is 1. The third-order valence-electron chi connectivity index (χ3n) is 4.00. The number of carbonyl (C=O) groups is 3. The molecule has 5 nitrogen and oxygen atoms in total. The van der Waals surface area contributed by atoms with Crippen LogP contribution in [0.25, 0.3) is 0 Å². The van der Waals surface area contributed by atoms with Gasteiger partial charge >= 0.3 is 5.97 Å². The van der Waals surface area contributed by atoms with Gasteiger partial charge in [-0.1, -0.05) is 24.3 Å². The molecule has 114 valence electrons. The van der Waals surface area contributed by atoms with Crippen LogP contribution in [0.1, 0.15) is 40.0 Å². The Labute approximate surface area is 128 Å². The number of amides is 2. The van der Waals surface area contributed by atoms with Gasteiger partial charge in [-0.25, -0.2) is 0 Å². The Morgan fingerprint density at radius 2 is 1.86 bits per heavy atom. The summed E-state index contributed by atoms with van der Waals surface area (Å²) in [5, 5.41) is 0. The van der Waals surface area contributed by atoms with E-state index in [4.69, 9.17) is 4.74 Å². The molecule has 1 aliphatic heterocycles. The topological polar surface area (TPSA) is 63.7 Å². The first-order valence-corrected chi connectivity index (χ1v) is 7.44. The molecule has 1 aliphatic carbocycles. The van der Waals surface area contributed by atoms with Gasteiger partial charge in [-0.2, -0.15) is 0 Å². The maximum atomic E-state index is 12.1. The summed E-state index contributed by atoms with van der Waals surface area (Å²) in [6, 6.07) is 6.72. The third kappa shape index (κ3) is 2.79. The average Bonchev–Trinajstić information content (AvgIpc) is 3.10. The molecule has 0 radical (unpaired) electrons. The summed E-state index contributed by atoms with van der Waals surface area (Å²) < 4.78 is 5.14. The van der Waals surface area contributed by atoms with Gasteiger partial charge < -0.3 is 4.74 Å². The van der Waals surface area contributed by atoms with Crippen molar-refractivity contribution in [2.45, 2.75) is 19.3 Å². The van der Waals surface area contributed by atoms with Crippen molar-refractivity contribution >= 4 is 17.8 Å². The van der Waals surface area contributed by atoms with Gasteiger partial charge in [0, 0.05) is 0 Å². The van der Waals surface area contributed by atoms with Gasteiger partial charge in [0.25, 0.3) is 11.8 Å². The molecule has 1 aromatic rings.